The highest BCUT2D eigenvalue weighted by molar-refractivity contribution is 7.25. The number of hydrogen-bond acceptors (Lipinski definition) is 5. The number of hydrogen-bond donors (Lipinski definition) is 0. The summed E-state index contributed by atoms with van der Waals surface area (Å²) in [5.74, 6) is 1.82. The average molecular weight is 671 g/mol. The molecule has 11 rings (SSSR count). The van der Waals surface area contributed by atoms with Crippen molar-refractivity contribution in [1.82, 2.24) is 19.5 Å². The zero-order valence-electron chi connectivity index (χ0n) is 27.1. The largest absolute Gasteiger partial charge is 0.456 e. The van der Waals surface area contributed by atoms with E-state index in [-0.39, 0.29) is 0 Å². The minimum absolute atomic E-state index is 0.590. The van der Waals surface area contributed by atoms with E-state index in [2.05, 4.69) is 144 Å². The molecule has 11 aromatic rings. The van der Waals surface area contributed by atoms with Gasteiger partial charge in [-0.05, 0) is 66.7 Å². The van der Waals surface area contributed by atoms with Gasteiger partial charge in [0.1, 0.15) is 11.2 Å². The summed E-state index contributed by atoms with van der Waals surface area (Å²) in [5.41, 5.74) is 7.67. The van der Waals surface area contributed by atoms with Crippen molar-refractivity contribution < 1.29 is 4.42 Å². The summed E-state index contributed by atoms with van der Waals surface area (Å²) in [6.45, 7) is 0. The third-order valence-electron chi connectivity index (χ3n) is 9.86. The first-order valence-electron chi connectivity index (χ1n) is 16.9. The Morgan fingerprint density at radius 2 is 1.08 bits per heavy atom. The second-order valence-corrected chi connectivity index (χ2v) is 13.9. The van der Waals surface area contributed by atoms with Crippen molar-refractivity contribution in [2.75, 3.05) is 0 Å². The highest BCUT2D eigenvalue weighted by atomic mass is 32.1. The number of aromatic nitrogens is 4. The Morgan fingerprint density at radius 3 is 1.96 bits per heavy atom. The second-order valence-electron chi connectivity index (χ2n) is 12.8. The number of fused-ring (bicyclic) bond motifs is 9. The first kappa shape index (κ1) is 28.2. The van der Waals surface area contributed by atoms with Crippen LogP contribution < -0.4 is 0 Å². The van der Waals surface area contributed by atoms with Crippen LogP contribution in [0, 0.1) is 0 Å². The van der Waals surface area contributed by atoms with Gasteiger partial charge in [0.15, 0.2) is 17.5 Å². The van der Waals surface area contributed by atoms with Crippen LogP contribution in [-0.2, 0) is 0 Å². The van der Waals surface area contributed by atoms with Crippen LogP contribution in [0.2, 0.25) is 0 Å². The van der Waals surface area contributed by atoms with Crippen LogP contribution in [-0.4, -0.2) is 19.5 Å². The van der Waals surface area contributed by atoms with Crippen molar-refractivity contribution in [1.29, 1.82) is 0 Å². The number of thiophene rings is 1. The zero-order valence-corrected chi connectivity index (χ0v) is 27.9. The van der Waals surface area contributed by atoms with Gasteiger partial charge < -0.3 is 8.98 Å². The Balaban J connectivity index is 1.20. The minimum Gasteiger partial charge on any atom is -0.456 e. The summed E-state index contributed by atoms with van der Waals surface area (Å²) in [6.07, 6.45) is 0. The zero-order chi connectivity index (χ0) is 33.5. The van der Waals surface area contributed by atoms with E-state index < -0.39 is 0 Å². The summed E-state index contributed by atoms with van der Waals surface area (Å²) in [7, 11) is 0. The van der Waals surface area contributed by atoms with E-state index in [1.807, 2.05) is 18.2 Å². The van der Waals surface area contributed by atoms with Gasteiger partial charge in [-0.25, -0.2) is 15.0 Å². The van der Waals surface area contributed by atoms with Crippen LogP contribution in [0.25, 0.3) is 104 Å². The van der Waals surface area contributed by atoms with E-state index in [0.29, 0.717) is 17.5 Å². The van der Waals surface area contributed by atoms with E-state index in [1.165, 1.54) is 25.6 Å². The molecule has 0 fully saturated rings. The summed E-state index contributed by atoms with van der Waals surface area (Å²) >= 11 is 1.80. The molecule has 0 bridgehead atoms. The fourth-order valence-electron chi connectivity index (χ4n) is 7.53. The maximum atomic E-state index is 6.31. The topological polar surface area (TPSA) is 56.7 Å². The van der Waals surface area contributed by atoms with E-state index >= 15 is 0 Å². The van der Waals surface area contributed by atoms with Crippen molar-refractivity contribution >= 4 is 75.3 Å². The standard InChI is InChI=1S/C45H26N4OS/c1-2-11-29(12-3-1)49-37-18-7-4-13-30(37)34-16-10-17-35(42(34)49)45-47-43(27-22-24-41-36(25-27)33-15-6-9-20-40(33)51-41)46-44(48-45)28-21-23-32-31-14-5-8-19-38(31)50-39(32)26-28/h1-26H. The molecule has 5 nitrogen and oxygen atoms in total. The number of nitrogens with zero attached hydrogens (tertiary/aromatic N) is 4. The van der Waals surface area contributed by atoms with E-state index in [4.69, 9.17) is 19.4 Å². The van der Waals surface area contributed by atoms with Crippen LogP contribution in [0.4, 0.5) is 0 Å². The van der Waals surface area contributed by atoms with Gasteiger partial charge in [0, 0.05) is 64.1 Å². The molecule has 4 aromatic heterocycles. The Kier molecular flexibility index (Phi) is 6.05. The van der Waals surface area contributed by atoms with Gasteiger partial charge >= 0.3 is 0 Å². The summed E-state index contributed by atoms with van der Waals surface area (Å²) in [4.78, 5) is 15.7. The number of furan rings is 1. The van der Waals surface area contributed by atoms with Crippen molar-refractivity contribution in [3.8, 4) is 39.9 Å². The molecule has 51 heavy (non-hydrogen) atoms. The highest BCUT2D eigenvalue weighted by Crippen LogP contribution is 2.40. The number of para-hydroxylation sites is 4. The van der Waals surface area contributed by atoms with Crippen molar-refractivity contribution in [2.24, 2.45) is 0 Å². The van der Waals surface area contributed by atoms with E-state index in [9.17, 15) is 0 Å². The second kappa shape index (κ2) is 10.9. The van der Waals surface area contributed by atoms with Gasteiger partial charge in [-0.2, -0.15) is 0 Å². The summed E-state index contributed by atoms with van der Waals surface area (Å²) in [5, 5.41) is 6.92. The van der Waals surface area contributed by atoms with Gasteiger partial charge in [0.2, 0.25) is 0 Å². The quantitative estimate of drug-likeness (QED) is 0.187. The maximum absolute atomic E-state index is 6.31. The Morgan fingerprint density at radius 1 is 0.431 bits per heavy atom. The minimum atomic E-state index is 0.590. The van der Waals surface area contributed by atoms with Crippen LogP contribution in [0.5, 0.6) is 0 Å². The highest BCUT2D eigenvalue weighted by Gasteiger charge is 2.21. The molecule has 0 radical (unpaired) electrons. The van der Waals surface area contributed by atoms with Crippen molar-refractivity contribution in [2.45, 2.75) is 0 Å². The molecular weight excluding hydrogens is 645 g/mol. The van der Waals surface area contributed by atoms with E-state index in [0.717, 1.165) is 60.7 Å². The molecule has 0 aliphatic carbocycles. The fraction of sp³-hybridized carbons (Fsp3) is 0. The average Bonchev–Trinajstić information content (AvgIpc) is 3.87. The molecule has 0 atom stereocenters. The summed E-state index contributed by atoms with van der Waals surface area (Å²) in [6, 6.07) is 55.0. The van der Waals surface area contributed by atoms with Crippen LogP contribution in [0.15, 0.2) is 162 Å². The molecule has 0 unspecified atom stereocenters. The third kappa shape index (κ3) is 4.37. The van der Waals surface area contributed by atoms with Crippen LogP contribution >= 0.6 is 11.3 Å². The van der Waals surface area contributed by atoms with Crippen LogP contribution in [0.1, 0.15) is 0 Å². The van der Waals surface area contributed by atoms with Gasteiger partial charge in [-0.15, -0.1) is 11.3 Å². The smallest absolute Gasteiger partial charge is 0.166 e. The van der Waals surface area contributed by atoms with Crippen LogP contribution in [0.3, 0.4) is 0 Å². The third-order valence-corrected chi connectivity index (χ3v) is 11.0. The number of rotatable bonds is 4. The fourth-order valence-corrected chi connectivity index (χ4v) is 8.62. The first-order valence-corrected chi connectivity index (χ1v) is 17.8. The lowest BCUT2D eigenvalue weighted by Gasteiger charge is -2.12. The summed E-state index contributed by atoms with van der Waals surface area (Å²) < 4.78 is 11.1. The monoisotopic (exact) mass is 670 g/mol. The first-order chi connectivity index (χ1) is 25.3. The lowest BCUT2D eigenvalue weighted by atomic mass is 10.1. The molecule has 0 amide bonds. The van der Waals surface area contributed by atoms with Crippen molar-refractivity contribution in [3.05, 3.63) is 158 Å². The molecular formula is C45H26N4OS. The molecule has 0 aliphatic rings. The normalized spacial score (nSPS) is 11.9. The molecule has 0 saturated heterocycles. The Labute approximate surface area is 295 Å². The van der Waals surface area contributed by atoms with Gasteiger partial charge in [-0.3, -0.25) is 0 Å². The van der Waals surface area contributed by atoms with Crippen molar-refractivity contribution in [3.63, 3.8) is 0 Å². The molecule has 4 heterocycles. The molecule has 0 N–H and O–H groups in total. The predicted octanol–water partition coefficient (Wildman–Crippen LogP) is 12.2. The van der Waals surface area contributed by atoms with Gasteiger partial charge in [0.25, 0.3) is 0 Å². The maximum Gasteiger partial charge on any atom is 0.166 e. The molecule has 0 aliphatic heterocycles. The molecule has 238 valence electrons. The Hall–Kier alpha value is -6.63. The molecule has 0 spiro atoms. The molecule has 0 saturated carbocycles. The number of benzene rings is 7. The van der Waals surface area contributed by atoms with E-state index in [1.54, 1.807) is 11.3 Å². The lowest BCUT2D eigenvalue weighted by Crippen LogP contribution is -2.02. The Bertz CT molecular complexity index is 3150. The SMILES string of the molecule is c1ccc(-n2c3ccccc3c3cccc(-c4nc(-c5ccc6c(c5)oc5ccccc56)nc(-c5ccc6sc7ccccc7c6c5)n4)c32)cc1. The molecule has 7 aromatic carbocycles. The predicted molar refractivity (Wildman–Crippen MR) is 211 cm³/mol. The van der Waals surface area contributed by atoms with Gasteiger partial charge in [0.05, 0.1) is 11.0 Å². The van der Waals surface area contributed by atoms with Gasteiger partial charge in [-0.1, -0.05) is 91.0 Å². The molecule has 6 heteroatoms. The lowest BCUT2D eigenvalue weighted by molar-refractivity contribution is 0.669.